The van der Waals surface area contributed by atoms with E-state index in [4.69, 9.17) is 4.74 Å². The van der Waals surface area contributed by atoms with E-state index < -0.39 is 5.60 Å². The summed E-state index contributed by atoms with van der Waals surface area (Å²) in [6.45, 7) is 7.00. The Bertz CT molecular complexity index is 511. The van der Waals surface area contributed by atoms with E-state index in [1.165, 1.54) is 5.57 Å². The fourth-order valence-electron chi connectivity index (χ4n) is 2.15. The minimum absolute atomic E-state index is 0.231. The summed E-state index contributed by atoms with van der Waals surface area (Å²) in [5.74, 6) is 0. The highest BCUT2D eigenvalue weighted by Crippen LogP contribution is 2.17. The molecule has 0 unspecified atom stereocenters. The molecule has 5 nitrogen and oxygen atoms in total. The molecule has 2 rings (SSSR count). The second-order valence-electron chi connectivity index (χ2n) is 6.25. The SMILES string of the molecule is Cn1cnc(CC2=CCN(C(=O)OC(C)(C)C)CC2)c1. The smallest absolute Gasteiger partial charge is 0.410 e. The lowest BCUT2D eigenvalue weighted by atomic mass is 10.0. The van der Waals surface area contributed by atoms with Gasteiger partial charge in [-0.3, -0.25) is 0 Å². The third kappa shape index (κ3) is 4.11. The van der Waals surface area contributed by atoms with E-state index in [1.807, 2.05) is 44.9 Å². The molecule has 2 heterocycles. The molecule has 0 bridgehead atoms. The van der Waals surface area contributed by atoms with Crippen LogP contribution in [0, 0.1) is 0 Å². The Hall–Kier alpha value is -1.78. The number of nitrogens with zero attached hydrogens (tertiary/aromatic N) is 3. The van der Waals surface area contributed by atoms with Crippen LogP contribution in [0.25, 0.3) is 0 Å². The van der Waals surface area contributed by atoms with Crippen LogP contribution in [0.15, 0.2) is 24.2 Å². The van der Waals surface area contributed by atoms with Gasteiger partial charge in [-0.2, -0.15) is 0 Å². The first-order valence-electron chi connectivity index (χ1n) is 6.96. The van der Waals surface area contributed by atoms with Gasteiger partial charge in [0.25, 0.3) is 0 Å². The van der Waals surface area contributed by atoms with Crippen LogP contribution in [-0.2, 0) is 18.2 Å². The minimum atomic E-state index is -0.435. The van der Waals surface area contributed by atoms with Crippen LogP contribution in [0.4, 0.5) is 4.79 Å². The molecule has 0 N–H and O–H groups in total. The van der Waals surface area contributed by atoms with E-state index in [1.54, 1.807) is 4.90 Å². The molecule has 110 valence electrons. The zero-order valence-corrected chi connectivity index (χ0v) is 12.7. The summed E-state index contributed by atoms with van der Waals surface area (Å²) < 4.78 is 7.33. The number of rotatable bonds is 2. The second kappa shape index (κ2) is 5.69. The summed E-state index contributed by atoms with van der Waals surface area (Å²) in [6.07, 6.45) is 7.47. The molecule has 1 aromatic rings. The van der Waals surface area contributed by atoms with Gasteiger partial charge in [0.2, 0.25) is 0 Å². The van der Waals surface area contributed by atoms with Crippen LogP contribution < -0.4 is 0 Å². The normalized spacial score (nSPS) is 16.0. The molecule has 0 fully saturated rings. The third-order valence-electron chi connectivity index (χ3n) is 3.12. The molecule has 0 aliphatic carbocycles. The fourth-order valence-corrected chi connectivity index (χ4v) is 2.15. The molecule has 0 radical (unpaired) electrons. The van der Waals surface area contributed by atoms with Crippen molar-refractivity contribution in [2.24, 2.45) is 7.05 Å². The number of aryl methyl sites for hydroxylation is 1. The Morgan fingerprint density at radius 1 is 1.45 bits per heavy atom. The molecule has 0 atom stereocenters. The summed E-state index contributed by atoms with van der Waals surface area (Å²) >= 11 is 0. The lowest BCUT2D eigenvalue weighted by Gasteiger charge is -2.29. The number of ether oxygens (including phenoxy) is 1. The number of amides is 1. The number of hydrogen-bond acceptors (Lipinski definition) is 3. The molecule has 0 aromatic carbocycles. The lowest BCUT2D eigenvalue weighted by molar-refractivity contribution is 0.0265. The quantitative estimate of drug-likeness (QED) is 0.780. The van der Waals surface area contributed by atoms with Crippen LogP contribution in [0.3, 0.4) is 0 Å². The Morgan fingerprint density at radius 3 is 2.70 bits per heavy atom. The highest BCUT2D eigenvalue weighted by molar-refractivity contribution is 5.68. The Kier molecular flexibility index (Phi) is 4.16. The molecule has 0 saturated heterocycles. The maximum atomic E-state index is 11.9. The van der Waals surface area contributed by atoms with E-state index >= 15 is 0 Å². The zero-order chi connectivity index (χ0) is 14.8. The summed E-state index contributed by atoms with van der Waals surface area (Å²) in [5, 5.41) is 0. The number of aromatic nitrogens is 2. The number of hydrogen-bond donors (Lipinski definition) is 0. The average molecular weight is 277 g/mol. The van der Waals surface area contributed by atoms with Gasteiger partial charge in [0.15, 0.2) is 0 Å². The largest absolute Gasteiger partial charge is 0.444 e. The Balaban J connectivity index is 1.88. The van der Waals surface area contributed by atoms with Crippen LogP contribution in [-0.4, -0.2) is 39.2 Å². The van der Waals surface area contributed by atoms with Crippen molar-refractivity contribution in [3.05, 3.63) is 29.9 Å². The van der Waals surface area contributed by atoms with E-state index in [0.29, 0.717) is 13.1 Å². The first-order chi connectivity index (χ1) is 9.33. The monoisotopic (exact) mass is 277 g/mol. The van der Waals surface area contributed by atoms with E-state index in [9.17, 15) is 4.79 Å². The van der Waals surface area contributed by atoms with E-state index in [2.05, 4.69) is 11.1 Å². The van der Waals surface area contributed by atoms with Crippen molar-refractivity contribution in [1.82, 2.24) is 14.5 Å². The van der Waals surface area contributed by atoms with Crippen LogP contribution in [0.2, 0.25) is 0 Å². The van der Waals surface area contributed by atoms with Crippen molar-refractivity contribution >= 4 is 6.09 Å². The Morgan fingerprint density at radius 2 is 2.20 bits per heavy atom. The summed E-state index contributed by atoms with van der Waals surface area (Å²) in [5.41, 5.74) is 1.97. The van der Waals surface area contributed by atoms with E-state index in [-0.39, 0.29) is 6.09 Å². The molecular weight excluding hydrogens is 254 g/mol. The maximum Gasteiger partial charge on any atom is 0.410 e. The number of carbonyl (C=O) groups excluding carboxylic acids is 1. The minimum Gasteiger partial charge on any atom is -0.444 e. The Labute approximate surface area is 120 Å². The maximum absolute atomic E-state index is 11.9. The van der Waals surface area contributed by atoms with Gasteiger partial charge in [0.05, 0.1) is 12.0 Å². The van der Waals surface area contributed by atoms with Gasteiger partial charge in [-0.05, 0) is 27.2 Å². The predicted octanol–water partition coefficient (Wildman–Crippen LogP) is 2.53. The molecule has 1 aliphatic heterocycles. The highest BCUT2D eigenvalue weighted by atomic mass is 16.6. The molecule has 0 saturated carbocycles. The summed E-state index contributed by atoms with van der Waals surface area (Å²) in [4.78, 5) is 18.0. The standard InChI is InChI=1S/C15H23N3O2/c1-15(2,3)20-14(19)18-7-5-12(6-8-18)9-13-10-17(4)11-16-13/h5,10-11H,6-9H2,1-4H3. The van der Waals surface area contributed by atoms with Crippen molar-refractivity contribution < 1.29 is 9.53 Å². The van der Waals surface area contributed by atoms with Gasteiger partial charge in [-0.15, -0.1) is 0 Å². The number of imidazole rings is 1. The summed E-state index contributed by atoms with van der Waals surface area (Å²) in [7, 11) is 1.97. The molecule has 1 aromatic heterocycles. The zero-order valence-electron chi connectivity index (χ0n) is 12.7. The van der Waals surface area contributed by atoms with Gasteiger partial charge in [0.1, 0.15) is 5.60 Å². The van der Waals surface area contributed by atoms with Crippen LogP contribution >= 0.6 is 0 Å². The molecule has 1 amide bonds. The van der Waals surface area contributed by atoms with Gasteiger partial charge in [-0.1, -0.05) is 11.6 Å². The van der Waals surface area contributed by atoms with Crippen molar-refractivity contribution in [2.45, 2.75) is 39.2 Å². The van der Waals surface area contributed by atoms with E-state index in [0.717, 1.165) is 18.5 Å². The molecule has 20 heavy (non-hydrogen) atoms. The first-order valence-corrected chi connectivity index (χ1v) is 6.96. The fraction of sp³-hybridized carbons (Fsp3) is 0.600. The van der Waals surface area contributed by atoms with Crippen molar-refractivity contribution in [1.29, 1.82) is 0 Å². The molecular formula is C15H23N3O2. The predicted molar refractivity (Wildman–Crippen MR) is 77.4 cm³/mol. The number of carbonyl (C=O) groups is 1. The third-order valence-corrected chi connectivity index (χ3v) is 3.12. The van der Waals surface area contributed by atoms with Gasteiger partial charge >= 0.3 is 6.09 Å². The molecule has 0 spiro atoms. The average Bonchev–Trinajstić information content (AvgIpc) is 2.73. The molecule has 5 heteroatoms. The van der Waals surface area contributed by atoms with Gasteiger partial charge in [-0.25, -0.2) is 9.78 Å². The second-order valence-corrected chi connectivity index (χ2v) is 6.25. The topological polar surface area (TPSA) is 47.4 Å². The molecule has 1 aliphatic rings. The lowest BCUT2D eigenvalue weighted by Crippen LogP contribution is -2.39. The van der Waals surface area contributed by atoms with Crippen LogP contribution in [0.1, 0.15) is 32.9 Å². The van der Waals surface area contributed by atoms with Gasteiger partial charge in [0, 0.05) is 32.8 Å². The van der Waals surface area contributed by atoms with Crippen LogP contribution in [0.5, 0.6) is 0 Å². The van der Waals surface area contributed by atoms with Crippen molar-refractivity contribution in [3.63, 3.8) is 0 Å². The first kappa shape index (κ1) is 14.6. The van der Waals surface area contributed by atoms with Crippen molar-refractivity contribution in [3.8, 4) is 0 Å². The highest BCUT2D eigenvalue weighted by Gasteiger charge is 2.23. The van der Waals surface area contributed by atoms with Crippen molar-refractivity contribution in [2.75, 3.05) is 13.1 Å². The van der Waals surface area contributed by atoms with Gasteiger partial charge < -0.3 is 14.2 Å². The summed E-state index contributed by atoms with van der Waals surface area (Å²) in [6, 6.07) is 0.